The molecule has 18 heavy (non-hydrogen) atoms. The van der Waals surface area contributed by atoms with Gasteiger partial charge in [0.1, 0.15) is 0 Å². The summed E-state index contributed by atoms with van der Waals surface area (Å²) in [7, 11) is 0. The first-order valence-electron chi connectivity index (χ1n) is 5.45. The van der Waals surface area contributed by atoms with Crippen LogP contribution in [0.3, 0.4) is 0 Å². The molecule has 0 unspecified atom stereocenters. The van der Waals surface area contributed by atoms with E-state index in [1.54, 1.807) is 0 Å². The first-order valence-corrected chi connectivity index (χ1v) is 9.70. The van der Waals surface area contributed by atoms with E-state index in [-0.39, 0.29) is 0 Å². The molecule has 0 spiro atoms. The highest BCUT2D eigenvalue weighted by molar-refractivity contribution is 8.38. The lowest BCUT2D eigenvalue weighted by Crippen LogP contribution is -1.75. The van der Waals surface area contributed by atoms with Gasteiger partial charge in [0.15, 0.2) is 0 Å². The van der Waals surface area contributed by atoms with E-state index in [0.717, 1.165) is 5.75 Å². The summed E-state index contributed by atoms with van der Waals surface area (Å²) in [6.07, 6.45) is 0.627. The van der Waals surface area contributed by atoms with Gasteiger partial charge in [-0.1, -0.05) is 47.0 Å². The van der Waals surface area contributed by atoms with Crippen molar-refractivity contribution in [2.75, 3.05) is 5.75 Å². The fourth-order valence-electron chi connectivity index (χ4n) is 1.29. The van der Waals surface area contributed by atoms with E-state index in [1.165, 1.54) is 27.4 Å². The molecule has 0 amide bonds. The lowest BCUT2D eigenvalue weighted by atomic mass is 10.6. The SMILES string of the molecule is CC1=C(C)SC(=C2SC(C)=C(SCCC#N)S2)S1. The van der Waals surface area contributed by atoms with E-state index >= 15 is 0 Å². The van der Waals surface area contributed by atoms with Crippen molar-refractivity contribution >= 4 is 58.8 Å². The predicted octanol–water partition coefficient (Wildman–Crippen LogP) is 6.16. The summed E-state index contributed by atoms with van der Waals surface area (Å²) in [6, 6.07) is 2.20. The third-order valence-corrected chi connectivity index (χ3v) is 9.59. The van der Waals surface area contributed by atoms with Crippen molar-refractivity contribution in [2.45, 2.75) is 27.2 Å². The largest absolute Gasteiger partial charge is 0.198 e. The minimum absolute atomic E-state index is 0.627. The van der Waals surface area contributed by atoms with E-state index in [0.29, 0.717) is 6.42 Å². The molecule has 0 N–H and O–H groups in total. The number of hydrogen-bond donors (Lipinski definition) is 0. The monoisotopic (exact) mass is 331 g/mol. The van der Waals surface area contributed by atoms with Gasteiger partial charge in [0.05, 0.1) is 18.8 Å². The second kappa shape index (κ2) is 6.76. The number of thioether (sulfide) groups is 5. The van der Waals surface area contributed by atoms with E-state index < -0.39 is 0 Å². The predicted molar refractivity (Wildman–Crippen MR) is 91.2 cm³/mol. The normalized spacial score (nSPS) is 20.1. The summed E-state index contributed by atoms with van der Waals surface area (Å²) in [5.74, 6) is 0.899. The summed E-state index contributed by atoms with van der Waals surface area (Å²) in [6.45, 7) is 6.55. The molecule has 0 bridgehead atoms. The first kappa shape index (κ1) is 14.9. The molecule has 2 aliphatic rings. The van der Waals surface area contributed by atoms with Gasteiger partial charge in [-0.25, -0.2) is 0 Å². The van der Waals surface area contributed by atoms with Gasteiger partial charge in [0.2, 0.25) is 0 Å². The molecule has 6 heteroatoms. The van der Waals surface area contributed by atoms with Crippen LogP contribution in [0.2, 0.25) is 0 Å². The molecule has 1 nitrogen and oxygen atoms in total. The molecule has 0 atom stereocenters. The fourth-order valence-corrected chi connectivity index (χ4v) is 8.12. The van der Waals surface area contributed by atoms with Crippen molar-refractivity contribution < 1.29 is 0 Å². The van der Waals surface area contributed by atoms with Crippen molar-refractivity contribution in [1.29, 1.82) is 5.26 Å². The van der Waals surface area contributed by atoms with E-state index in [2.05, 4.69) is 26.8 Å². The zero-order chi connectivity index (χ0) is 13.1. The molecular formula is C12H13NS5. The summed E-state index contributed by atoms with van der Waals surface area (Å²) in [5, 5.41) is 8.58. The average molecular weight is 332 g/mol. The molecule has 96 valence electrons. The Morgan fingerprint density at radius 3 is 2.11 bits per heavy atom. The van der Waals surface area contributed by atoms with Crippen LogP contribution in [0.1, 0.15) is 27.2 Å². The van der Waals surface area contributed by atoms with Crippen molar-refractivity contribution in [3.8, 4) is 6.07 Å². The Morgan fingerprint density at radius 2 is 1.50 bits per heavy atom. The van der Waals surface area contributed by atoms with Crippen LogP contribution in [0.15, 0.2) is 27.4 Å². The van der Waals surface area contributed by atoms with Gasteiger partial charge in [-0.2, -0.15) is 5.26 Å². The lowest BCUT2D eigenvalue weighted by Gasteiger charge is -2.02. The molecule has 2 rings (SSSR count). The van der Waals surface area contributed by atoms with Crippen molar-refractivity contribution in [3.05, 3.63) is 27.4 Å². The van der Waals surface area contributed by atoms with Crippen LogP contribution >= 0.6 is 58.8 Å². The van der Waals surface area contributed by atoms with Gasteiger partial charge in [0, 0.05) is 17.1 Å². The molecule has 0 aromatic rings. The summed E-state index contributed by atoms with van der Waals surface area (Å²) in [5.41, 5.74) is 0. The molecule has 0 saturated carbocycles. The Kier molecular flexibility index (Phi) is 5.58. The Hall–Kier alpha value is 0.460. The lowest BCUT2D eigenvalue weighted by molar-refractivity contribution is 1.24. The second-order valence-electron chi connectivity index (χ2n) is 3.70. The quantitative estimate of drug-likeness (QED) is 0.574. The second-order valence-corrected chi connectivity index (χ2v) is 10.3. The van der Waals surface area contributed by atoms with Gasteiger partial charge >= 0.3 is 0 Å². The van der Waals surface area contributed by atoms with Crippen molar-refractivity contribution in [2.24, 2.45) is 0 Å². The zero-order valence-electron chi connectivity index (χ0n) is 10.4. The molecule has 0 aromatic heterocycles. The molecular weight excluding hydrogens is 318 g/mol. The highest BCUT2D eigenvalue weighted by atomic mass is 32.2. The van der Waals surface area contributed by atoms with E-state index in [9.17, 15) is 0 Å². The molecule has 0 aromatic carbocycles. The topological polar surface area (TPSA) is 23.8 Å². The van der Waals surface area contributed by atoms with Crippen LogP contribution in [0, 0.1) is 11.3 Å². The van der Waals surface area contributed by atoms with Gasteiger partial charge in [0.25, 0.3) is 0 Å². The summed E-state index contributed by atoms with van der Waals surface area (Å²) in [4.78, 5) is 4.23. The standard InChI is InChI=1S/C12H13NS5/c1-7-8(2)16-11(15-7)12-17-9(3)10(18-12)14-6-4-5-13/h4,6H2,1-3H3. The summed E-state index contributed by atoms with van der Waals surface area (Å²) >= 11 is 9.37. The number of allylic oxidation sites excluding steroid dienone is 3. The maximum Gasteiger partial charge on any atom is 0.0708 e. The highest BCUT2D eigenvalue weighted by Gasteiger charge is 2.25. The Labute approximate surface area is 130 Å². The molecule has 0 saturated heterocycles. The zero-order valence-corrected chi connectivity index (χ0v) is 14.5. The maximum absolute atomic E-state index is 8.58. The van der Waals surface area contributed by atoms with Crippen LogP contribution in [-0.4, -0.2) is 5.75 Å². The van der Waals surface area contributed by atoms with E-state index in [4.69, 9.17) is 5.26 Å². The number of nitrogens with zero attached hydrogens (tertiary/aromatic N) is 1. The summed E-state index contributed by atoms with van der Waals surface area (Å²) < 4.78 is 4.22. The Morgan fingerprint density at radius 1 is 0.944 bits per heavy atom. The van der Waals surface area contributed by atoms with Crippen molar-refractivity contribution in [1.82, 2.24) is 0 Å². The van der Waals surface area contributed by atoms with Crippen LogP contribution in [0.4, 0.5) is 0 Å². The first-order chi connectivity index (χ1) is 8.61. The van der Waals surface area contributed by atoms with Gasteiger partial charge < -0.3 is 0 Å². The number of nitriles is 1. The van der Waals surface area contributed by atoms with Crippen molar-refractivity contribution in [3.63, 3.8) is 0 Å². The third-order valence-electron chi connectivity index (χ3n) is 2.32. The van der Waals surface area contributed by atoms with Crippen LogP contribution < -0.4 is 0 Å². The molecule has 0 fully saturated rings. The van der Waals surface area contributed by atoms with Gasteiger partial charge in [-0.05, 0) is 30.6 Å². The van der Waals surface area contributed by atoms with Crippen LogP contribution in [0.25, 0.3) is 0 Å². The van der Waals surface area contributed by atoms with Gasteiger partial charge in [-0.15, -0.1) is 11.8 Å². The van der Waals surface area contributed by atoms with E-state index in [1.807, 2.05) is 58.8 Å². The van der Waals surface area contributed by atoms with Gasteiger partial charge in [-0.3, -0.25) is 0 Å². The minimum atomic E-state index is 0.627. The molecule has 0 radical (unpaired) electrons. The Bertz CT molecular complexity index is 479. The van der Waals surface area contributed by atoms with Crippen LogP contribution in [-0.2, 0) is 0 Å². The maximum atomic E-state index is 8.58. The Balaban J connectivity index is 1.99. The van der Waals surface area contributed by atoms with Crippen LogP contribution in [0.5, 0.6) is 0 Å². The number of hydrogen-bond acceptors (Lipinski definition) is 6. The molecule has 2 heterocycles. The minimum Gasteiger partial charge on any atom is -0.198 e. The number of rotatable bonds is 3. The smallest absolute Gasteiger partial charge is 0.0708 e. The molecule has 2 aliphatic heterocycles. The third kappa shape index (κ3) is 3.51. The fraction of sp³-hybridized carbons (Fsp3) is 0.417. The average Bonchev–Trinajstić information content (AvgIpc) is 2.85. The molecule has 0 aliphatic carbocycles. The highest BCUT2D eigenvalue weighted by Crippen LogP contribution is 2.61.